The van der Waals surface area contributed by atoms with Crippen LogP contribution in [0, 0.1) is 11.7 Å². The Hall–Kier alpha value is -0.830. The van der Waals surface area contributed by atoms with Crippen molar-refractivity contribution >= 4 is 19.8 Å². The zero-order chi connectivity index (χ0) is 19.6. The van der Waals surface area contributed by atoms with Gasteiger partial charge < -0.3 is 23.5 Å². The molecule has 1 fully saturated rings. The number of H-pyrrole nitrogens is 1. The predicted molar refractivity (Wildman–Crippen MR) is 97.9 cm³/mol. The second-order valence-corrected chi connectivity index (χ2v) is 9.71. The summed E-state index contributed by atoms with van der Waals surface area (Å²) in [6.45, 7) is 8.78. The maximum Gasteiger partial charge on any atom is 0.254 e. The van der Waals surface area contributed by atoms with Crippen molar-refractivity contribution in [3.63, 3.8) is 0 Å². The second kappa shape index (κ2) is 8.46. The van der Waals surface area contributed by atoms with E-state index in [4.69, 9.17) is 26.2 Å². The summed E-state index contributed by atoms with van der Waals surface area (Å²) in [6.07, 6.45) is 0.0747. The Bertz CT molecular complexity index is 790. The van der Waals surface area contributed by atoms with Gasteiger partial charge in [0.15, 0.2) is 4.77 Å². The van der Waals surface area contributed by atoms with Gasteiger partial charge in [-0.3, -0.25) is 14.3 Å². The monoisotopic (exact) mass is 405 g/mol. The van der Waals surface area contributed by atoms with Crippen LogP contribution in [0.4, 0.5) is 0 Å². The van der Waals surface area contributed by atoms with Crippen LogP contribution in [0.2, 0.25) is 0 Å². The molecule has 1 saturated heterocycles. The Labute approximate surface area is 158 Å². The highest BCUT2D eigenvalue weighted by Gasteiger charge is 2.39. The summed E-state index contributed by atoms with van der Waals surface area (Å²) in [6, 6.07) is 0. The molecule has 0 bridgehead atoms. The van der Waals surface area contributed by atoms with Gasteiger partial charge in [-0.15, -0.1) is 0 Å². The Balaban J connectivity index is 2.26. The molecule has 8 nitrogen and oxygen atoms in total. The summed E-state index contributed by atoms with van der Waals surface area (Å²) >= 11 is 5.21. The first kappa shape index (κ1) is 21.5. The quantitative estimate of drug-likeness (QED) is 0.548. The van der Waals surface area contributed by atoms with Gasteiger partial charge in [0.2, 0.25) is 0 Å². The summed E-state index contributed by atoms with van der Waals surface area (Å²) in [7, 11) is -4.02. The Kier molecular flexibility index (Phi) is 6.98. The third-order valence-electron chi connectivity index (χ3n) is 4.15. The highest BCUT2D eigenvalue weighted by molar-refractivity contribution is 7.71. The van der Waals surface area contributed by atoms with Crippen LogP contribution in [-0.2, 0) is 18.6 Å². The topological polar surface area (TPSA) is 106 Å². The number of aromatic amines is 1. The van der Waals surface area contributed by atoms with E-state index >= 15 is 0 Å². The van der Waals surface area contributed by atoms with Crippen molar-refractivity contribution in [3.8, 4) is 0 Å². The van der Waals surface area contributed by atoms with E-state index in [0.717, 1.165) is 0 Å². The lowest BCUT2D eigenvalue weighted by Gasteiger charge is -2.31. The molecule has 0 aromatic carbocycles. The Morgan fingerprint density at radius 3 is 2.69 bits per heavy atom. The van der Waals surface area contributed by atoms with Gasteiger partial charge in [0, 0.05) is 23.8 Å². The van der Waals surface area contributed by atoms with Crippen molar-refractivity contribution < 1.29 is 23.5 Å². The van der Waals surface area contributed by atoms with E-state index in [2.05, 4.69) is 4.98 Å². The molecule has 148 valence electrons. The molecule has 0 spiro atoms. The molecule has 0 aliphatic carbocycles. The molecule has 1 aliphatic rings. The minimum atomic E-state index is -4.02. The first-order valence-corrected chi connectivity index (χ1v) is 10.6. The summed E-state index contributed by atoms with van der Waals surface area (Å²) in [5.41, 5.74) is -0.412. The summed E-state index contributed by atoms with van der Waals surface area (Å²) in [5.74, 6) is 0. The fourth-order valence-electron chi connectivity index (χ4n) is 2.53. The van der Waals surface area contributed by atoms with E-state index in [0.29, 0.717) is 5.56 Å². The molecular formula is C16H26N2O6PS-. The lowest BCUT2D eigenvalue weighted by atomic mass is 10.2. The zero-order valence-corrected chi connectivity index (χ0v) is 17.3. The number of ether oxygens (including phenoxy) is 2. The fraction of sp³-hybridized carbons (Fsp3) is 0.750. The molecule has 4 atom stereocenters. The maximum atomic E-state index is 12.2. The van der Waals surface area contributed by atoms with Crippen molar-refractivity contribution in [2.75, 3.05) is 6.61 Å². The van der Waals surface area contributed by atoms with Gasteiger partial charge in [-0.05, 0) is 33.0 Å². The number of hydrogen-bond acceptors (Lipinski definition) is 7. The van der Waals surface area contributed by atoms with Crippen LogP contribution in [0.5, 0.6) is 0 Å². The molecule has 1 unspecified atom stereocenters. The molecule has 10 heteroatoms. The second-order valence-electron chi connectivity index (χ2n) is 7.00. The molecule has 1 aliphatic heterocycles. The molecule has 0 amide bonds. The van der Waals surface area contributed by atoms with Gasteiger partial charge in [-0.2, -0.15) is 0 Å². The lowest BCUT2D eigenvalue weighted by molar-refractivity contribution is -0.207. The van der Waals surface area contributed by atoms with Gasteiger partial charge >= 0.3 is 0 Å². The number of aryl methyl sites for hydroxylation is 1. The van der Waals surface area contributed by atoms with Gasteiger partial charge in [0.05, 0.1) is 18.8 Å². The van der Waals surface area contributed by atoms with E-state index in [-0.39, 0.29) is 29.5 Å². The number of nitrogens with one attached hydrogen (secondary N) is 1. The molecule has 1 aromatic rings. The van der Waals surface area contributed by atoms with Crippen LogP contribution >= 0.6 is 19.8 Å². The molecule has 1 N–H and O–H groups in total. The number of nitrogens with zero attached hydrogens (tertiary/aromatic N) is 1. The van der Waals surface area contributed by atoms with Crippen molar-refractivity contribution in [3.05, 3.63) is 26.9 Å². The average molecular weight is 405 g/mol. The number of hydrogen-bond donors (Lipinski definition) is 1. The van der Waals surface area contributed by atoms with E-state index < -0.39 is 31.7 Å². The average Bonchev–Trinajstić information content (AvgIpc) is 2.90. The summed E-state index contributed by atoms with van der Waals surface area (Å²) in [4.78, 5) is 26.5. The third kappa shape index (κ3) is 5.12. The van der Waals surface area contributed by atoms with Crippen LogP contribution < -0.4 is 10.5 Å². The van der Waals surface area contributed by atoms with Gasteiger partial charge in [0.25, 0.3) is 5.56 Å². The summed E-state index contributed by atoms with van der Waals surface area (Å²) < 4.78 is 31.0. The van der Waals surface area contributed by atoms with Crippen LogP contribution in [-0.4, -0.2) is 40.1 Å². The molecular weight excluding hydrogens is 379 g/mol. The first-order chi connectivity index (χ1) is 12.0. The molecule has 2 rings (SSSR count). The molecule has 0 radical (unpaired) electrons. The zero-order valence-electron chi connectivity index (χ0n) is 15.6. The van der Waals surface area contributed by atoms with E-state index in [1.165, 1.54) is 0 Å². The van der Waals surface area contributed by atoms with Crippen molar-refractivity contribution in [2.45, 2.75) is 71.2 Å². The van der Waals surface area contributed by atoms with Crippen molar-refractivity contribution in [1.29, 1.82) is 0 Å². The van der Waals surface area contributed by atoms with Gasteiger partial charge in [-0.25, -0.2) is 0 Å². The van der Waals surface area contributed by atoms with Gasteiger partial charge in [-0.1, -0.05) is 13.8 Å². The summed E-state index contributed by atoms with van der Waals surface area (Å²) in [5, 5.41) is 0. The molecule has 26 heavy (non-hydrogen) atoms. The van der Waals surface area contributed by atoms with Crippen LogP contribution in [0.25, 0.3) is 0 Å². The van der Waals surface area contributed by atoms with E-state index in [1.807, 2.05) is 13.8 Å². The minimum absolute atomic E-state index is 0.0278. The predicted octanol–water partition coefficient (Wildman–Crippen LogP) is 2.27. The van der Waals surface area contributed by atoms with Crippen LogP contribution in [0.1, 0.15) is 45.9 Å². The van der Waals surface area contributed by atoms with Crippen LogP contribution in [0.15, 0.2) is 11.0 Å². The standard InChI is InChI=1S/C16H27N2O6PS/c1-9(2)22-8-13-12(24-25(20,21)10(3)4)6-14(23-13)18-7-11(5)15(19)17-16(18)26/h7,9-10,12-14H,6,8H2,1-5H3,(H,20,21)(H,17,19,26)/p-1/t12-,13-,14-/m1/s1. The highest BCUT2D eigenvalue weighted by atomic mass is 32.1. The van der Waals surface area contributed by atoms with Crippen molar-refractivity contribution in [1.82, 2.24) is 9.55 Å². The smallest absolute Gasteiger partial charge is 0.254 e. The maximum absolute atomic E-state index is 12.2. The Morgan fingerprint density at radius 2 is 2.12 bits per heavy atom. The molecule has 2 heterocycles. The molecule has 0 saturated carbocycles. The van der Waals surface area contributed by atoms with Crippen LogP contribution in [0.3, 0.4) is 0 Å². The number of aromatic nitrogens is 2. The fourth-order valence-corrected chi connectivity index (χ4v) is 3.64. The Morgan fingerprint density at radius 1 is 1.46 bits per heavy atom. The number of rotatable bonds is 7. The SMILES string of the molecule is Cc1cn([C@H]2C[C@@H](OP(=O)([O-])C(C)C)[C@@H](COC(C)C)O2)c(=S)[nH]c1=O. The largest absolute Gasteiger partial charge is 0.778 e. The van der Waals surface area contributed by atoms with Crippen molar-refractivity contribution in [2.24, 2.45) is 0 Å². The van der Waals surface area contributed by atoms with E-state index in [9.17, 15) is 14.3 Å². The van der Waals surface area contributed by atoms with Gasteiger partial charge in [0.1, 0.15) is 19.9 Å². The van der Waals surface area contributed by atoms with E-state index in [1.54, 1.807) is 31.5 Å². The highest BCUT2D eigenvalue weighted by Crippen LogP contribution is 2.47. The lowest BCUT2D eigenvalue weighted by Crippen LogP contribution is -2.32. The minimum Gasteiger partial charge on any atom is -0.778 e. The normalized spacial score (nSPS) is 25.8. The first-order valence-electron chi connectivity index (χ1n) is 8.59. The molecule has 1 aromatic heterocycles. The third-order valence-corrected chi connectivity index (χ3v) is 6.29.